The molecular formula is C10H10NO. The number of benzene rings is 1. The van der Waals surface area contributed by atoms with Gasteiger partial charge in [-0.25, -0.2) is 0 Å². The average Bonchev–Trinajstić information content (AvgIpc) is 2.16. The van der Waals surface area contributed by atoms with E-state index in [0.717, 1.165) is 5.56 Å². The Bertz CT molecular complexity index is 277. The maximum atomic E-state index is 10.7. The fourth-order valence-corrected chi connectivity index (χ4v) is 0.806. The Hall–Kier alpha value is -1.57. The van der Waals surface area contributed by atoms with Gasteiger partial charge in [0.15, 0.2) is 0 Å². The molecule has 0 fully saturated rings. The van der Waals surface area contributed by atoms with Crippen molar-refractivity contribution in [2.75, 3.05) is 7.05 Å². The summed E-state index contributed by atoms with van der Waals surface area (Å²) in [5, 5.41) is 3.48. The van der Waals surface area contributed by atoms with Crippen LogP contribution in [0.25, 0.3) is 6.08 Å². The fourth-order valence-electron chi connectivity index (χ4n) is 0.806. The maximum absolute atomic E-state index is 10.7. The summed E-state index contributed by atoms with van der Waals surface area (Å²) < 4.78 is 0. The molecule has 0 heterocycles. The lowest BCUT2D eigenvalue weighted by Gasteiger charge is -1.89. The number of amides is 1. The van der Waals surface area contributed by atoms with Crippen LogP contribution in [0.2, 0.25) is 0 Å². The van der Waals surface area contributed by atoms with E-state index in [1.807, 2.05) is 30.3 Å². The van der Waals surface area contributed by atoms with Gasteiger partial charge < -0.3 is 0 Å². The number of likely N-dealkylation sites (N-methyl/N-ethyl adjacent to an activating group) is 1. The molecule has 12 heavy (non-hydrogen) atoms. The van der Waals surface area contributed by atoms with E-state index in [0.29, 0.717) is 0 Å². The first kappa shape index (κ1) is 8.53. The Balaban J connectivity index is 2.64. The zero-order valence-corrected chi connectivity index (χ0v) is 6.90. The zero-order valence-electron chi connectivity index (χ0n) is 6.90. The summed E-state index contributed by atoms with van der Waals surface area (Å²) in [5.74, 6) is -0.209. The molecule has 1 rings (SSSR count). The van der Waals surface area contributed by atoms with Crippen LogP contribution >= 0.6 is 0 Å². The Kier molecular flexibility index (Phi) is 3.08. The molecule has 0 saturated carbocycles. The minimum Gasteiger partial charge on any atom is -0.268 e. The van der Waals surface area contributed by atoms with Crippen LogP contribution in [0.1, 0.15) is 5.56 Å². The molecule has 0 spiro atoms. The smallest absolute Gasteiger partial charge is 0.264 e. The molecule has 0 atom stereocenters. The zero-order chi connectivity index (χ0) is 8.81. The van der Waals surface area contributed by atoms with Crippen molar-refractivity contribution in [2.24, 2.45) is 0 Å². The van der Waals surface area contributed by atoms with Crippen LogP contribution in [0, 0.1) is 0 Å². The average molecular weight is 160 g/mol. The van der Waals surface area contributed by atoms with Gasteiger partial charge >= 0.3 is 0 Å². The first-order chi connectivity index (χ1) is 5.83. The topological polar surface area (TPSA) is 31.2 Å². The molecule has 1 radical (unpaired) electrons. The van der Waals surface area contributed by atoms with E-state index in [2.05, 4.69) is 5.32 Å². The van der Waals surface area contributed by atoms with E-state index in [9.17, 15) is 4.79 Å². The molecule has 0 bridgehead atoms. The van der Waals surface area contributed by atoms with Crippen LogP contribution < -0.4 is 5.32 Å². The van der Waals surface area contributed by atoms with Gasteiger partial charge in [0.1, 0.15) is 0 Å². The highest BCUT2D eigenvalue weighted by Gasteiger charge is 1.89. The van der Waals surface area contributed by atoms with Crippen molar-refractivity contribution >= 4 is 12.0 Å². The SMILES string of the molecule is C[N]C(=O)/C=C/c1ccccc1. The number of rotatable bonds is 2. The molecular weight excluding hydrogens is 150 g/mol. The Morgan fingerprint density at radius 1 is 1.33 bits per heavy atom. The van der Waals surface area contributed by atoms with Crippen molar-refractivity contribution in [2.45, 2.75) is 0 Å². The van der Waals surface area contributed by atoms with Crippen molar-refractivity contribution in [1.29, 1.82) is 0 Å². The van der Waals surface area contributed by atoms with Gasteiger partial charge in [0, 0.05) is 13.1 Å². The Labute approximate surface area is 71.9 Å². The van der Waals surface area contributed by atoms with Crippen LogP contribution in [0.15, 0.2) is 36.4 Å². The molecule has 1 aromatic rings. The second-order valence-corrected chi connectivity index (χ2v) is 2.31. The van der Waals surface area contributed by atoms with Crippen LogP contribution in [0.5, 0.6) is 0 Å². The minimum atomic E-state index is -0.209. The van der Waals surface area contributed by atoms with Crippen LogP contribution in [0.3, 0.4) is 0 Å². The molecule has 0 aliphatic heterocycles. The summed E-state index contributed by atoms with van der Waals surface area (Å²) in [6.45, 7) is 0. The van der Waals surface area contributed by atoms with Crippen molar-refractivity contribution in [3.63, 3.8) is 0 Å². The number of carbonyl (C=O) groups is 1. The molecule has 61 valence electrons. The summed E-state index contributed by atoms with van der Waals surface area (Å²) >= 11 is 0. The minimum absolute atomic E-state index is 0.209. The van der Waals surface area contributed by atoms with Crippen LogP contribution in [-0.4, -0.2) is 13.0 Å². The summed E-state index contributed by atoms with van der Waals surface area (Å²) in [6, 6.07) is 9.64. The first-order valence-corrected chi connectivity index (χ1v) is 3.70. The normalized spacial score (nSPS) is 10.1. The van der Waals surface area contributed by atoms with Crippen LogP contribution in [0.4, 0.5) is 0 Å². The molecule has 2 nitrogen and oxygen atoms in total. The van der Waals surface area contributed by atoms with E-state index < -0.39 is 0 Å². The van der Waals surface area contributed by atoms with Gasteiger partial charge in [-0.3, -0.25) is 10.1 Å². The van der Waals surface area contributed by atoms with Crippen molar-refractivity contribution in [3.05, 3.63) is 42.0 Å². The van der Waals surface area contributed by atoms with E-state index >= 15 is 0 Å². The van der Waals surface area contributed by atoms with E-state index in [-0.39, 0.29) is 5.91 Å². The first-order valence-electron chi connectivity index (χ1n) is 3.70. The predicted octanol–water partition coefficient (Wildman–Crippen LogP) is 1.46. The molecule has 0 aromatic heterocycles. The van der Waals surface area contributed by atoms with Gasteiger partial charge in [0.25, 0.3) is 5.91 Å². The van der Waals surface area contributed by atoms with Gasteiger partial charge in [0.05, 0.1) is 0 Å². The summed E-state index contributed by atoms with van der Waals surface area (Å²) in [6.07, 6.45) is 3.20. The highest BCUT2D eigenvalue weighted by atomic mass is 16.1. The molecule has 0 aliphatic rings. The third-order valence-electron chi connectivity index (χ3n) is 1.44. The van der Waals surface area contributed by atoms with Crippen LogP contribution in [-0.2, 0) is 4.79 Å². The van der Waals surface area contributed by atoms with E-state index in [1.54, 1.807) is 6.08 Å². The summed E-state index contributed by atoms with van der Waals surface area (Å²) in [7, 11) is 1.48. The lowest BCUT2D eigenvalue weighted by molar-refractivity contribution is -0.116. The van der Waals surface area contributed by atoms with Gasteiger partial charge in [-0.2, -0.15) is 0 Å². The third-order valence-corrected chi connectivity index (χ3v) is 1.44. The standard InChI is InChI=1S/C10H10NO/c1-11-10(12)8-7-9-5-3-2-4-6-9/h2-8H,1H3/b8-7+. The molecule has 2 heteroatoms. The second-order valence-electron chi connectivity index (χ2n) is 2.31. The summed E-state index contributed by atoms with van der Waals surface area (Å²) in [5.41, 5.74) is 1.01. The van der Waals surface area contributed by atoms with Gasteiger partial charge in [-0.15, -0.1) is 0 Å². The highest BCUT2D eigenvalue weighted by Crippen LogP contribution is 2.00. The number of carbonyl (C=O) groups excluding carboxylic acids is 1. The maximum Gasteiger partial charge on any atom is 0.264 e. The third kappa shape index (κ3) is 2.58. The van der Waals surface area contributed by atoms with Crippen molar-refractivity contribution in [1.82, 2.24) is 5.32 Å². The molecule has 1 aromatic carbocycles. The molecule has 0 N–H and O–H groups in total. The number of hydrogen-bond acceptors (Lipinski definition) is 1. The Morgan fingerprint density at radius 2 is 2.00 bits per heavy atom. The summed E-state index contributed by atoms with van der Waals surface area (Å²) in [4.78, 5) is 10.7. The number of nitrogens with zero attached hydrogens (tertiary/aromatic N) is 1. The van der Waals surface area contributed by atoms with Gasteiger partial charge in [-0.05, 0) is 11.6 Å². The molecule has 0 unspecified atom stereocenters. The fraction of sp³-hybridized carbons (Fsp3) is 0.100. The monoisotopic (exact) mass is 160 g/mol. The molecule has 0 aliphatic carbocycles. The van der Waals surface area contributed by atoms with Gasteiger partial charge in [-0.1, -0.05) is 30.3 Å². The van der Waals surface area contributed by atoms with E-state index in [4.69, 9.17) is 0 Å². The van der Waals surface area contributed by atoms with Crippen molar-refractivity contribution in [3.8, 4) is 0 Å². The van der Waals surface area contributed by atoms with Gasteiger partial charge in [0.2, 0.25) is 0 Å². The lowest BCUT2D eigenvalue weighted by atomic mass is 10.2. The largest absolute Gasteiger partial charge is 0.268 e. The second kappa shape index (κ2) is 4.34. The Morgan fingerprint density at radius 3 is 2.58 bits per heavy atom. The molecule has 1 amide bonds. The predicted molar refractivity (Wildman–Crippen MR) is 48.5 cm³/mol. The lowest BCUT2D eigenvalue weighted by Crippen LogP contribution is -2.05. The quantitative estimate of drug-likeness (QED) is 0.602. The van der Waals surface area contributed by atoms with Crippen molar-refractivity contribution < 1.29 is 4.79 Å². The number of hydrogen-bond donors (Lipinski definition) is 0. The molecule has 0 saturated heterocycles. The van der Waals surface area contributed by atoms with E-state index in [1.165, 1.54) is 13.1 Å². The highest BCUT2D eigenvalue weighted by molar-refractivity contribution is 5.91.